The molecule has 2 atom stereocenters. The number of piperidine rings is 1. The van der Waals surface area contributed by atoms with Crippen LogP contribution in [0.1, 0.15) is 19.8 Å². The Hall–Kier alpha value is -1.14. The average molecular weight is 345 g/mol. The Morgan fingerprint density at radius 2 is 2.40 bits per heavy atom. The van der Waals surface area contributed by atoms with Crippen LogP contribution in [0.3, 0.4) is 0 Å². The van der Waals surface area contributed by atoms with Crippen molar-refractivity contribution in [1.82, 2.24) is 10.6 Å². The summed E-state index contributed by atoms with van der Waals surface area (Å²) in [6, 6.07) is 4.83. The van der Waals surface area contributed by atoms with Gasteiger partial charge in [0, 0.05) is 16.6 Å². The van der Waals surface area contributed by atoms with Crippen LogP contribution >= 0.6 is 15.9 Å². The van der Waals surface area contributed by atoms with Crippen molar-refractivity contribution in [2.75, 3.05) is 13.2 Å². The zero-order chi connectivity index (χ0) is 14.5. The van der Waals surface area contributed by atoms with Crippen molar-refractivity contribution in [3.8, 4) is 5.75 Å². The van der Waals surface area contributed by atoms with Crippen molar-refractivity contribution >= 4 is 21.8 Å². The Morgan fingerprint density at radius 3 is 3.10 bits per heavy atom. The zero-order valence-corrected chi connectivity index (χ0v) is 12.9. The molecule has 0 spiro atoms. The third kappa shape index (κ3) is 4.18. The molecular weight excluding hydrogens is 327 g/mol. The molecule has 0 radical (unpaired) electrons. The Balaban J connectivity index is 1.82. The number of hydrogen-bond donors (Lipinski definition) is 2. The Morgan fingerprint density at radius 1 is 1.60 bits per heavy atom. The Kier molecular flexibility index (Phi) is 5.37. The molecule has 1 heterocycles. The average Bonchev–Trinajstić information content (AvgIpc) is 2.40. The largest absolute Gasteiger partial charge is 0.481 e. The zero-order valence-electron chi connectivity index (χ0n) is 11.3. The normalized spacial score (nSPS) is 22.4. The molecule has 2 rings (SSSR count). The second kappa shape index (κ2) is 7.04. The maximum absolute atomic E-state index is 13.5. The van der Waals surface area contributed by atoms with E-state index < -0.39 is 5.82 Å². The molecule has 20 heavy (non-hydrogen) atoms. The summed E-state index contributed by atoms with van der Waals surface area (Å²) in [5.74, 6) is -0.633. The van der Waals surface area contributed by atoms with Crippen LogP contribution in [0.2, 0.25) is 0 Å². The third-order valence-corrected chi connectivity index (χ3v) is 3.85. The summed E-state index contributed by atoms with van der Waals surface area (Å²) in [5, 5.41) is 6.22. The number of ether oxygens (including phenoxy) is 1. The van der Waals surface area contributed by atoms with Crippen molar-refractivity contribution < 1.29 is 13.9 Å². The smallest absolute Gasteiger partial charge is 0.258 e. The molecule has 0 aliphatic carbocycles. The van der Waals surface area contributed by atoms with Crippen LogP contribution in [-0.2, 0) is 4.79 Å². The van der Waals surface area contributed by atoms with E-state index in [-0.39, 0.29) is 30.3 Å². The summed E-state index contributed by atoms with van der Waals surface area (Å²) < 4.78 is 19.4. The van der Waals surface area contributed by atoms with Gasteiger partial charge in [0.15, 0.2) is 18.2 Å². The van der Waals surface area contributed by atoms with Gasteiger partial charge in [-0.2, -0.15) is 0 Å². The van der Waals surface area contributed by atoms with Crippen molar-refractivity contribution in [1.29, 1.82) is 0 Å². The van der Waals surface area contributed by atoms with E-state index in [2.05, 4.69) is 26.6 Å². The summed E-state index contributed by atoms with van der Waals surface area (Å²) >= 11 is 3.17. The maximum Gasteiger partial charge on any atom is 0.258 e. The minimum Gasteiger partial charge on any atom is -0.481 e. The maximum atomic E-state index is 13.5. The molecule has 0 bridgehead atoms. The van der Waals surface area contributed by atoms with E-state index in [4.69, 9.17) is 4.74 Å². The molecular formula is C14H18BrFN2O2. The molecule has 110 valence electrons. The topological polar surface area (TPSA) is 50.4 Å². The predicted octanol–water partition coefficient (Wildman–Crippen LogP) is 2.22. The highest BCUT2D eigenvalue weighted by molar-refractivity contribution is 9.10. The molecule has 1 saturated heterocycles. The van der Waals surface area contributed by atoms with Crippen LogP contribution in [0, 0.1) is 5.82 Å². The highest BCUT2D eigenvalue weighted by Gasteiger charge is 2.22. The fraction of sp³-hybridized carbons (Fsp3) is 0.500. The van der Waals surface area contributed by atoms with E-state index in [0.29, 0.717) is 4.47 Å². The van der Waals surface area contributed by atoms with Crippen molar-refractivity contribution in [2.24, 2.45) is 0 Å². The van der Waals surface area contributed by atoms with Gasteiger partial charge in [0.2, 0.25) is 0 Å². The fourth-order valence-corrected chi connectivity index (χ4v) is 2.56. The first-order chi connectivity index (χ1) is 9.56. The van der Waals surface area contributed by atoms with Crippen LogP contribution in [0.15, 0.2) is 22.7 Å². The second-order valence-corrected chi connectivity index (χ2v) is 5.84. The molecule has 1 amide bonds. The van der Waals surface area contributed by atoms with E-state index in [1.807, 2.05) is 6.92 Å². The quantitative estimate of drug-likeness (QED) is 0.880. The summed E-state index contributed by atoms with van der Waals surface area (Å²) in [7, 11) is 0. The standard InChI is InChI=1S/C14H18BrFN2O2/c1-9-12(3-2-6-17-9)18-14(19)8-20-13-5-4-10(15)7-11(13)16/h4-5,7,9,12,17H,2-3,6,8H2,1H3,(H,18,19). The van der Waals surface area contributed by atoms with Gasteiger partial charge in [0.1, 0.15) is 0 Å². The number of hydrogen-bond acceptors (Lipinski definition) is 3. The molecule has 0 aromatic heterocycles. The fourth-order valence-electron chi connectivity index (χ4n) is 2.23. The minimum atomic E-state index is -0.486. The van der Waals surface area contributed by atoms with Crippen molar-refractivity contribution in [3.63, 3.8) is 0 Å². The second-order valence-electron chi connectivity index (χ2n) is 4.92. The van der Waals surface area contributed by atoms with Gasteiger partial charge in [-0.1, -0.05) is 15.9 Å². The lowest BCUT2D eigenvalue weighted by atomic mass is 10.00. The number of amides is 1. The van der Waals surface area contributed by atoms with Gasteiger partial charge in [0.05, 0.1) is 0 Å². The molecule has 2 unspecified atom stereocenters. The number of carbonyl (C=O) groups excluding carboxylic acids is 1. The lowest BCUT2D eigenvalue weighted by Gasteiger charge is -2.30. The highest BCUT2D eigenvalue weighted by atomic mass is 79.9. The van der Waals surface area contributed by atoms with Crippen LogP contribution in [0.25, 0.3) is 0 Å². The molecule has 1 aliphatic heterocycles. The van der Waals surface area contributed by atoms with Gasteiger partial charge in [-0.25, -0.2) is 4.39 Å². The summed E-state index contributed by atoms with van der Waals surface area (Å²) in [6.07, 6.45) is 1.99. The molecule has 1 fully saturated rings. The molecule has 0 saturated carbocycles. The van der Waals surface area contributed by atoms with Gasteiger partial charge in [-0.3, -0.25) is 4.79 Å². The number of carbonyl (C=O) groups is 1. The van der Waals surface area contributed by atoms with Gasteiger partial charge >= 0.3 is 0 Å². The molecule has 1 aromatic rings. The van der Waals surface area contributed by atoms with Gasteiger partial charge in [-0.05, 0) is 44.5 Å². The van der Waals surface area contributed by atoms with Crippen LogP contribution in [0.5, 0.6) is 5.75 Å². The number of rotatable bonds is 4. The first-order valence-corrected chi connectivity index (χ1v) is 7.46. The number of halogens is 2. The predicted molar refractivity (Wildman–Crippen MR) is 78.2 cm³/mol. The number of benzene rings is 1. The molecule has 1 aromatic carbocycles. The summed E-state index contributed by atoms with van der Waals surface area (Å²) in [6.45, 7) is 2.84. The van der Waals surface area contributed by atoms with E-state index >= 15 is 0 Å². The minimum absolute atomic E-state index is 0.0816. The highest BCUT2D eigenvalue weighted by Crippen LogP contribution is 2.21. The van der Waals surface area contributed by atoms with E-state index in [1.165, 1.54) is 12.1 Å². The summed E-state index contributed by atoms with van der Waals surface area (Å²) in [5.41, 5.74) is 0. The number of nitrogens with one attached hydrogen (secondary N) is 2. The Labute approximate surface area is 126 Å². The van der Waals surface area contributed by atoms with E-state index in [0.717, 1.165) is 19.4 Å². The van der Waals surface area contributed by atoms with Gasteiger partial charge in [-0.15, -0.1) is 0 Å². The van der Waals surface area contributed by atoms with Gasteiger partial charge in [0.25, 0.3) is 5.91 Å². The monoisotopic (exact) mass is 344 g/mol. The molecule has 2 N–H and O–H groups in total. The molecule has 1 aliphatic rings. The van der Waals surface area contributed by atoms with Crippen LogP contribution in [-0.4, -0.2) is 31.1 Å². The van der Waals surface area contributed by atoms with Gasteiger partial charge < -0.3 is 15.4 Å². The lowest BCUT2D eigenvalue weighted by Crippen LogP contribution is -2.52. The lowest BCUT2D eigenvalue weighted by molar-refractivity contribution is -0.124. The SMILES string of the molecule is CC1NCCCC1NC(=O)COc1ccc(Br)cc1F. The first kappa shape index (κ1) is 15.3. The van der Waals surface area contributed by atoms with Crippen molar-refractivity contribution in [2.45, 2.75) is 31.8 Å². The van der Waals surface area contributed by atoms with E-state index in [9.17, 15) is 9.18 Å². The first-order valence-electron chi connectivity index (χ1n) is 6.67. The van der Waals surface area contributed by atoms with Crippen molar-refractivity contribution in [3.05, 3.63) is 28.5 Å². The van der Waals surface area contributed by atoms with E-state index in [1.54, 1.807) is 6.07 Å². The third-order valence-electron chi connectivity index (χ3n) is 3.36. The molecule has 6 heteroatoms. The van der Waals surface area contributed by atoms with Crippen LogP contribution < -0.4 is 15.4 Å². The summed E-state index contributed by atoms with van der Waals surface area (Å²) in [4.78, 5) is 11.8. The Bertz CT molecular complexity index is 484. The molecule has 4 nitrogen and oxygen atoms in total. The van der Waals surface area contributed by atoms with Crippen LogP contribution in [0.4, 0.5) is 4.39 Å².